The molecule has 3 aromatic carbocycles. The minimum Gasteiger partial charge on any atom is -0.394 e. The van der Waals surface area contributed by atoms with Crippen molar-refractivity contribution in [2.75, 3.05) is 23.2 Å². The first-order valence-corrected chi connectivity index (χ1v) is 15.2. The maximum absolute atomic E-state index is 15.2. The predicted octanol–water partition coefficient (Wildman–Crippen LogP) is 3.80. The van der Waals surface area contributed by atoms with E-state index in [4.69, 9.17) is 11.6 Å². The van der Waals surface area contributed by atoms with Gasteiger partial charge in [0.15, 0.2) is 9.84 Å². The predicted molar refractivity (Wildman–Crippen MR) is 142 cm³/mol. The van der Waals surface area contributed by atoms with Crippen LogP contribution in [0, 0.1) is 12.7 Å². The summed E-state index contributed by atoms with van der Waals surface area (Å²) in [6.07, 6.45) is 0.340. The van der Waals surface area contributed by atoms with Crippen LogP contribution in [0.1, 0.15) is 40.0 Å². The highest BCUT2D eigenvalue weighted by Gasteiger charge is 2.34. The molecule has 38 heavy (non-hydrogen) atoms. The summed E-state index contributed by atoms with van der Waals surface area (Å²) in [6, 6.07) is 11.4. The molecule has 0 aliphatic carbocycles. The van der Waals surface area contributed by atoms with Gasteiger partial charge in [-0.15, -0.1) is 0 Å². The van der Waals surface area contributed by atoms with Crippen molar-refractivity contribution in [3.63, 3.8) is 0 Å². The molecule has 0 saturated heterocycles. The van der Waals surface area contributed by atoms with Crippen LogP contribution < -0.4 is 9.62 Å². The van der Waals surface area contributed by atoms with Crippen LogP contribution in [0.2, 0.25) is 5.02 Å². The molecule has 8 nitrogen and oxygen atoms in total. The fourth-order valence-electron chi connectivity index (χ4n) is 4.24. The Kier molecular flexibility index (Phi) is 7.85. The van der Waals surface area contributed by atoms with Crippen LogP contribution >= 0.6 is 11.6 Å². The Morgan fingerprint density at radius 2 is 1.84 bits per heavy atom. The van der Waals surface area contributed by atoms with Gasteiger partial charge in [-0.3, -0.25) is 9.10 Å². The van der Waals surface area contributed by atoms with Crippen molar-refractivity contribution < 1.29 is 31.1 Å². The molecule has 1 atom stereocenters. The number of hydrogen-bond donors (Lipinski definition) is 2. The fourth-order valence-corrected chi connectivity index (χ4v) is 7.11. The lowest BCUT2D eigenvalue weighted by Crippen LogP contribution is -2.38. The molecule has 12 heteroatoms. The molecule has 2 N–H and O–H groups in total. The van der Waals surface area contributed by atoms with E-state index in [-0.39, 0.29) is 33.3 Å². The first-order valence-electron chi connectivity index (χ1n) is 11.7. The number of sulfone groups is 1. The van der Waals surface area contributed by atoms with E-state index in [1.165, 1.54) is 49.4 Å². The molecule has 202 valence electrons. The highest BCUT2D eigenvalue weighted by atomic mass is 35.5. The summed E-state index contributed by atoms with van der Waals surface area (Å²) >= 11 is 6.13. The molecular weight excluding hydrogens is 555 g/mol. The number of nitrogens with one attached hydrogen (secondary N) is 1. The third-order valence-corrected chi connectivity index (χ3v) is 10.5. The van der Waals surface area contributed by atoms with Crippen molar-refractivity contribution in [1.82, 2.24) is 5.32 Å². The van der Waals surface area contributed by atoms with Gasteiger partial charge in [-0.05, 0) is 72.5 Å². The molecule has 1 amide bonds. The molecule has 0 saturated carbocycles. The maximum atomic E-state index is 15.2. The number of halogens is 2. The van der Waals surface area contributed by atoms with Gasteiger partial charge >= 0.3 is 0 Å². The molecule has 0 fully saturated rings. The van der Waals surface area contributed by atoms with Crippen molar-refractivity contribution in [2.24, 2.45) is 0 Å². The first kappa shape index (κ1) is 28.0. The van der Waals surface area contributed by atoms with Crippen LogP contribution in [0.5, 0.6) is 0 Å². The quantitative estimate of drug-likeness (QED) is 0.439. The van der Waals surface area contributed by atoms with Crippen molar-refractivity contribution in [2.45, 2.75) is 36.1 Å². The summed E-state index contributed by atoms with van der Waals surface area (Å²) in [4.78, 5) is 13.0. The topological polar surface area (TPSA) is 121 Å². The van der Waals surface area contributed by atoms with Crippen molar-refractivity contribution >= 4 is 43.1 Å². The zero-order chi connectivity index (χ0) is 27.8. The summed E-state index contributed by atoms with van der Waals surface area (Å²) < 4.78 is 66.7. The number of aliphatic hydroxyl groups is 1. The number of carbonyl (C=O) groups is 1. The zero-order valence-electron chi connectivity index (χ0n) is 20.6. The molecule has 0 spiro atoms. The molecule has 0 aromatic heterocycles. The third-order valence-electron chi connectivity index (χ3n) is 6.48. The first-order chi connectivity index (χ1) is 17.9. The average molecular weight is 581 g/mol. The SMILES string of the molecule is CCS(=O)(=O)c1ccc(C(CO)NC(=O)c2ccc(N3CCc4cc(Cl)c(C)cc4S3(=O)=O)c(F)c2)cc1. The molecule has 1 heterocycles. The molecule has 1 unspecified atom stereocenters. The zero-order valence-corrected chi connectivity index (χ0v) is 23.0. The second kappa shape index (κ2) is 10.6. The van der Waals surface area contributed by atoms with E-state index < -0.39 is 44.2 Å². The number of hydrogen-bond acceptors (Lipinski definition) is 6. The smallest absolute Gasteiger partial charge is 0.264 e. The minimum atomic E-state index is -4.05. The Balaban J connectivity index is 1.55. The Hall–Kier alpha value is -2.99. The molecule has 0 bridgehead atoms. The van der Waals surface area contributed by atoms with Crippen LogP contribution in [-0.4, -0.2) is 46.8 Å². The summed E-state index contributed by atoms with van der Waals surface area (Å²) in [5, 5.41) is 12.8. The number of rotatable bonds is 7. The Labute approximate surface area is 226 Å². The van der Waals surface area contributed by atoms with E-state index in [1.807, 2.05) is 0 Å². The van der Waals surface area contributed by atoms with Crippen LogP contribution in [0.25, 0.3) is 0 Å². The number of anilines is 1. The Morgan fingerprint density at radius 1 is 1.16 bits per heavy atom. The number of aliphatic hydroxyl groups excluding tert-OH is 1. The van der Waals surface area contributed by atoms with Crippen LogP contribution in [0.15, 0.2) is 64.4 Å². The van der Waals surface area contributed by atoms with E-state index in [0.717, 1.165) is 10.4 Å². The molecule has 1 aliphatic rings. The third kappa shape index (κ3) is 5.28. The second-order valence-electron chi connectivity index (χ2n) is 8.88. The highest BCUT2D eigenvalue weighted by Crippen LogP contribution is 2.35. The van der Waals surface area contributed by atoms with Gasteiger partial charge in [-0.2, -0.15) is 0 Å². The highest BCUT2D eigenvalue weighted by molar-refractivity contribution is 7.93. The minimum absolute atomic E-state index is 0.00746. The number of nitrogens with zero attached hydrogens (tertiary/aromatic N) is 1. The lowest BCUT2D eigenvalue weighted by Gasteiger charge is -2.30. The summed E-state index contributed by atoms with van der Waals surface area (Å²) in [7, 11) is -7.45. The summed E-state index contributed by atoms with van der Waals surface area (Å²) in [5.74, 6) is -1.66. The molecule has 0 radical (unpaired) electrons. The number of amides is 1. The van der Waals surface area contributed by atoms with E-state index in [1.54, 1.807) is 13.0 Å². The van der Waals surface area contributed by atoms with Gasteiger partial charge in [0.2, 0.25) is 0 Å². The number of fused-ring (bicyclic) bond motifs is 1. The summed E-state index contributed by atoms with van der Waals surface area (Å²) in [6.45, 7) is 2.74. The number of aryl methyl sites for hydroxylation is 1. The van der Waals surface area contributed by atoms with E-state index in [2.05, 4.69) is 5.32 Å². The van der Waals surface area contributed by atoms with Gasteiger partial charge < -0.3 is 10.4 Å². The van der Waals surface area contributed by atoms with Crippen molar-refractivity contribution in [1.29, 1.82) is 0 Å². The van der Waals surface area contributed by atoms with Gasteiger partial charge in [0.25, 0.3) is 15.9 Å². The monoisotopic (exact) mass is 580 g/mol. The largest absolute Gasteiger partial charge is 0.394 e. The normalized spacial score (nSPS) is 15.6. The molecular formula is C26H26ClFN2O6S2. The number of carbonyl (C=O) groups excluding carboxylic acids is 1. The van der Waals surface area contributed by atoms with E-state index in [0.29, 0.717) is 28.1 Å². The molecule has 3 aromatic rings. The number of benzene rings is 3. The lowest BCUT2D eigenvalue weighted by atomic mass is 10.1. The van der Waals surface area contributed by atoms with Gasteiger partial charge in [0, 0.05) is 17.1 Å². The van der Waals surface area contributed by atoms with Gasteiger partial charge in [-0.1, -0.05) is 30.7 Å². The fraction of sp³-hybridized carbons (Fsp3) is 0.269. The van der Waals surface area contributed by atoms with Gasteiger partial charge in [0.1, 0.15) is 5.82 Å². The van der Waals surface area contributed by atoms with Crippen LogP contribution in [0.4, 0.5) is 10.1 Å². The molecule has 1 aliphatic heterocycles. The standard InChI is InChI=1S/C26H26ClFN2O6S2/c1-3-37(33,34)20-7-4-17(5-8-20)23(15-31)29-26(32)19-6-9-24(22(28)14-19)30-11-10-18-13-21(27)16(2)12-25(18)38(30,35)36/h4-9,12-14,23,31H,3,10-11,15H2,1-2H3,(H,29,32). The lowest BCUT2D eigenvalue weighted by molar-refractivity contribution is 0.0915. The van der Waals surface area contributed by atoms with E-state index in [9.17, 15) is 26.7 Å². The van der Waals surface area contributed by atoms with Gasteiger partial charge in [0.05, 0.1) is 33.9 Å². The Bertz CT molecular complexity index is 1610. The van der Waals surface area contributed by atoms with Crippen molar-refractivity contribution in [3.05, 3.63) is 87.7 Å². The van der Waals surface area contributed by atoms with Gasteiger partial charge in [-0.25, -0.2) is 21.2 Å². The second-order valence-corrected chi connectivity index (χ2v) is 13.4. The van der Waals surface area contributed by atoms with E-state index >= 15 is 4.39 Å². The Morgan fingerprint density at radius 3 is 2.45 bits per heavy atom. The number of sulfonamides is 1. The molecule has 4 rings (SSSR count). The summed E-state index contributed by atoms with van der Waals surface area (Å²) in [5.41, 5.74) is 1.34. The van der Waals surface area contributed by atoms with Crippen molar-refractivity contribution in [3.8, 4) is 0 Å². The van der Waals surface area contributed by atoms with Crippen LogP contribution in [0.3, 0.4) is 0 Å². The van der Waals surface area contributed by atoms with Crippen LogP contribution in [-0.2, 0) is 26.3 Å². The average Bonchev–Trinajstić information content (AvgIpc) is 2.89. The maximum Gasteiger partial charge on any atom is 0.264 e.